The van der Waals surface area contributed by atoms with Crippen LogP contribution in [0.2, 0.25) is 5.02 Å². The second kappa shape index (κ2) is 7.22. The molecule has 0 aliphatic rings. The number of amides is 1. The average Bonchev–Trinajstić information content (AvgIpc) is 3.03. The van der Waals surface area contributed by atoms with Gasteiger partial charge < -0.3 is 10.4 Å². The summed E-state index contributed by atoms with van der Waals surface area (Å²) in [5, 5.41) is 17.8. The molecule has 0 atom stereocenters. The number of aryl methyl sites for hydroxylation is 1. The molecular weight excluding hydrogens is 350 g/mol. The number of halogens is 1. The summed E-state index contributed by atoms with van der Waals surface area (Å²) in [5.74, 6) is -0.205. The lowest BCUT2D eigenvalue weighted by Crippen LogP contribution is -2.15. The second-order valence-electron chi connectivity index (χ2n) is 6.46. The van der Waals surface area contributed by atoms with E-state index in [0.29, 0.717) is 16.3 Å². The monoisotopic (exact) mass is 369 g/mol. The number of benzene rings is 2. The normalized spacial score (nSPS) is 11.0. The number of carbonyl (C=O) groups is 1. The quantitative estimate of drug-likeness (QED) is 0.642. The predicted octanol–water partition coefficient (Wildman–Crippen LogP) is 4.92. The summed E-state index contributed by atoms with van der Waals surface area (Å²) in [7, 11) is 0. The molecule has 0 spiro atoms. The van der Waals surface area contributed by atoms with E-state index >= 15 is 0 Å². The van der Waals surface area contributed by atoms with Crippen LogP contribution in [-0.2, 0) is 0 Å². The Hall–Kier alpha value is -2.79. The van der Waals surface area contributed by atoms with E-state index < -0.39 is 0 Å². The molecule has 1 heterocycles. The van der Waals surface area contributed by atoms with Crippen molar-refractivity contribution in [3.8, 4) is 11.4 Å². The number of hydrogen-bond acceptors (Lipinski definition) is 3. The molecule has 0 fully saturated rings. The smallest absolute Gasteiger partial charge is 0.259 e. The Labute approximate surface area is 157 Å². The number of phenols is 1. The molecule has 0 aliphatic heterocycles. The Morgan fingerprint density at radius 3 is 2.50 bits per heavy atom. The van der Waals surface area contributed by atoms with E-state index in [9.17, 15) is 9.90 Å². The molecule has 5 nitrogen and oxygen atoms in total. The minimum atomic E-state index is -0.312. The van der Waals surface area contributed by atoms with Crippen LogP contribution in [0.25, 0.3) is 5.69 Å². The Kier molecular flexibility index (Phi) is 5.00. The highest BCUT2D eigenvalue weighted by molar-refractivity contribution is 6.30. The van der Waals surface area contributed by atoms with Gasteiger partial charge in [0.2, 0.25) is 0 Å². The Morgan fingerprint density at radius 2 is 1.88 bits per heavy atom. The Balaban J connectivity index is 1.97. The lowest BCUT2D eigenvalue weighted by atomic mass is 10.0. The number of carbonyl (C=O) groups excluding carboxylic acids is 1. The molecule has 0 bridgehead atoms. The van der Waals surface area contributed by atoms with Crippen LogP contribution in [0.1, 0.15) is 41.4 Å². The first-order chi connectivity index (χ1) is 12.4. The second-order valence-corrected chi connectivity index (χ2v) is 6.90. The summed E-state index contributed by atoms with van der Waals surface area (Å²) in [6.07, 6.45) is 1.55. The van der Waals surface area contributed by atoms with Crippen LogP contribution in [0.15, 0.2) is 48.7 Å². The molecule has 1 aromatic heterocycles. The summed E-state index contributed by atoms with van der Waals surface area (Å²) in [6.45, 7) is 5.88. The minimum absolute atomic E-state index is 0.0366. The highest BCUT2D eigenvalue weighted by Gasteiger charge is 2.21. The first-order valence-electron chi connectivity index (χ1n) is 8.31. The van der Waals surface area contributed by atoms with Gasteiger partial charge in [0.1, 0.15) is 5.75 Å². The summed E-state index contributed by atoms with van der Waals surface area (Å²) < 4.78 is 1.74. The lowest BCUT2D eigenvalue weighted by molar-refractivity contribution is 0.102. The maximum absolute atomic E-state index is 12.8. The highest BCUT2D eigenvalue weighted by atomic mass is 35.5. The van der Waals surface area contributed by atoms with Gasteiger partial charge in [0.25, 0.3) is 5.91 Å². The van der Waals surface area contributed by atoms with Crippen LogP contribution in [-0.4, -0.2) is 20.8 Å². The van der Waals surface area contributed by atoms with Crippen LogP contribution in [0.5, 0.6) is 5.75 Å². The number of aromatic hydroxyl groups is 1. The largest absolute Gasteiger partial charge is 0.506 e. The predicted molar refractivity (Wildman–Crippen MR) is 103 cm³/mol. The molecule has 1 amide bonds. The molecule has 0 aliphatic carbocycles. The fourth-order valence-electron chi connectivity index (χ4n) is 2.81. The third kappa shape index (κ3) is 3.58. The van der Waals surface area contributed by atoms with Crippen molar-refractivity contribution in [1.29, 1.82) is 0 Å². The minimum Gasteiger partial charge on any atom is -0.506 e. The van der Waals surface area contributed by atoms with Gasteiger partial charge >= 0.3 is 0 Å². The van der Waals surface area contributed by atoms with Crippen molar-refractivity contribution in [2.24, 2.45) is 0 Å². The number of rotatable bonds is 4. The van der Waals surface area contributed by atoms with Gasteiger partial charge in [0.15, 0.2) is 0 Å². The third-order valence-corrected chi connectivity index (χ3v) is 4.32. The number of phenolic OH excluding ortho intramolecular Hbond substituents is 1. The highest BCUT2D eigenvalue weighted by Crippen LogP contribution is 2.27. The van der Waals surface area contributed by atoms with E-state index in [4.69, 9.17) is 11.6 Å². The molecule has 26 heavy (non-hydrogen) atoms. The van der Waals surface area contributed by atoms with Gasteiger partial charge in [-0.15, -0.1) is 0 Å². The standard InChI is InChI=1S/C20H20ClN3O2/c1-12(2)19-16(11-22-24(19)15-7-5-14(21)6-8-15)20(26)23-17-9-4-13(3)10-18(17)25/h4-12,25H,1-3H3,(H,23,26). The fourth-order valence-corrected chi connectivity index (χ4v) is 2.94. The zero-order valence-corrected chi connectivity index (χ0v) is 15.6. The maximum atomic E-state index is 12.8. The molecule has 2 N–H and O–H groups in total. The first kappa shape index (κ1) is 18.0. The summed E-state index contributed by atoms with van der Waals surface area (Å²) >= 11 is 5.96. The molecule has 0 unspecified atom stereocenters. The van der Waals surface area contributed by atoms with Crippen LogP contribution in [0, 0.1) is 6.92 Å². The average molecular weight is 370 g/mol. The van der Waals surface area contributed by atoms with Crippen molar-refractivity contribution in [2.75, 3.05) is 5.32 Å². The van der Waals surface area contributed by atoms with E-state index in [2.05, 4.69) is 10.4 Å². The zero-order chi connectivity index (χ0) is 18.8. The van der Waals surface area contributed by atoms with Gasteiger partial charge in [-0.1, -0.05) is 31.5 Å². The first-order valence-corrected chi connectivity index (χ1v) is 8.69. The van der Waals surface area contributed by atoms with Gasteiger partial charge in [-0.3, -0.25) is 4.79 Å². The van der Waals surface area contributed by atoms with Crippen LogP contribution >= 0.6 is 11.6 Å². The molecule has 3 aromatic rings. The number of nitrogens with zero attached hydrogens (tertiary/aromatic N) is 2. The van der Waals surface area contributed by atoms with E-state index in [1.807, 2.05) is 39.0 Å². The van der Waals surface area contributed by atoms with Crippen molar-refractivity contribution in [3.63, 3.8) is 0 Å². The van der Waals surface area contributed by atoms with E-state index in [0.717, 1.165) is 16.9 Å². The summed E-state index contributed by atoms with van der Waals surface area (Å²) in [4.78, 5) is 12.8. The molecular formula is C20H20ClN3O2. The van der Waals surface area contributed by atoms with Crippen molar-refractivity contribution < 1.29 is 9.90 Å². The van der Waals surface area contributed by atoms with Crippen LogP contribution < -0.4 is 5.32 Å². The maximum Gasteiger partial charge on any atom is 0.259 e. The molecule has 3 rings (SSSR count). The number of hydrogen-bond donors (Lipinski definition) is 2. The van der Waals surface area contributed by atoms with E-state index in [1.165, 1.54) is 0 Å². The Morgan fingerprint density at radius 1 is 1.19 bits per heavy atom. The van der Waals surface area contributed by atoms with Gasteiger partial charge in [-0.05, 0) is 54.8 Å². The van der Waals surface area contributed by atoms with Gasteiger partial charge in [0.05, 0.1) is 28.8 Å². The van der Waals surface area contributed by atoms with Crippen molar-refractivity contribution in [1.82, 2.24) is 9.78 Å². The van der Waals surface area contributed by atoms with Crippen molar-refractivity contribution in [2.45, 2.75) is 26.7 Å². The number of nitrogens with one attached hydrogen (secondary N) is 1. The van der Waals surface area contributed by atoms with Gasteiger partial charge in [-0.25, -0.2) is 4.68 Å². The van der Waals surface area contributed by atoms with Crippen LogP contribution in [0.3, 0.4) is 0 Å². The Bertz CT molecular complexity index is 946. The number of aromatic nitrogens is 2. The molecule has 2 aromatic carbocycles. The molecule has 6 heteroatoms. The van der Waals surface area contributed by atoms with E-state index in [1.54, 1.807) is 35.1 Å². The zero-order valence-electron chi connectivity index (χ0n) is 14.8. The summed E-state index contributed by atoms with van der Waals surface area (Å²) in [6, 6.07) is 12.4. The van der Waals surface area contributed by atoms with E-state index in [-0.39, 0.29) is 17.6 Å². The van der Waals surface area contributed by atoms with Crippen molar-refractivity contribution in [3.05, 3.63) is 70.5 Å². The van der Waals surface area contributed by atoms with Gasteiger partial charge in [-0.2, -0.15) is 5.10 Å². The molecule has 0 radical (unpaired) electrons. The number of anilines is 1. The summed E-state index contributed by atoms with van der Waals surface area (Å²) in [5.41, 5.74) is 3.37. The molecule has 0 saturated heterocycles. The van der Waals surface area contributed by atoms with Crippen LogP contribution in [0.4, 0.5) is 5.69 Å². The van der Waals surface area contributed by atoms with Crippen molar-refractivity contribution >= 4 is 23.2 Å². The topological polar surface area (TPSA) is 67.2 Å². The molecule has 0 saturated carbocycles. The third-order valence-electron chi connectivity index (χ3n) is 4.07. The SMILES string of the molecule is Cc1ccc(NC(=O)c2cnn(-c3ccc(Cl)cc3)c2C(C)C)c(O)c1. The fraction of sp³-hybridized carbons (Fsp3) is 0.200. The lowest BCUT2D eigenvalue weighted by Gasteiger charge is -2.13. The molecule has 134 valence electrons. The van der Waals surface area contributed by atoms with Gasteiger partial charge in [0, 0.05) is 5.02 Å².